The molecule has 2 atom stereocenters. The summed E-state index contributed by atoms with van der Waals surface area (Å²) >= 11 is 0. The van der Waals surface area contributed by atoms with Gasteiger partial charge >= 0.3 is 5.97 Å². The van der Waals surface area contributed by atoms with Gasteiger partial charge in [0, 0.05) is 0 Å². The number of carbonyl (C=O) groups is 1. The highest BCUT2D eigenvalue weighted by molar-refractivity contribution is 5.68. The molecule has 2 rings (SSSR count). The van der Waals surface area contributed by atoms with Crippen LogP contribution in [0.1, 0.15) is 13.3 Å². The number of benzene rings is 1. The van der Waals surface area contributed by atoms with Crippen molar-refractivity contribution in [3.63, 3.8) is 0 Å². The monoisotopic (exact) mass is 225 g/mol. The van der Waals surface area contributed by atoms with Crippen LogP contribution in [0.4, 0.5) is 10.1 Å². The predicted octanol–water partition coefficient (Wildman–Crippen LogP) is 1.86. The van der Waals surface area contributed by atoms with Gasteiger partial charge in [-0.2, -0.15) is 0 Å². The molecule has 4 nitrogen and oxygen atoms in total. The van der Waals surface area contributed by atoms with Crippen molar-refractivity contribution < 1.29 is 19.0 Å². The topological polar surface area (TPSA) is 58.6 Å². The van der Waals surface area contributed by atoms with Crippen LogP contribution in [0.2, 0.25) is 0 Å². The first kappa shape index (κ1) is 10.7. The maximum Gasteiger partial charge on any atom is 0.307 e. The first-order valence-corrected chi connectivity index (χ1v) is 5.01. The number of fused-ring (bicyclic) bond motifs is 1. The van der Waals surface area contributed by atoms with E-state index in [9.17, 15) is 9.18 Å². The first-order chi connectivity index (χ1) is 7.58. The molecule has 2 unspecified atom stereocenters. The van der Waals surface area contributed by atoms with Gasteiger partial charge in [0.05, 0.1) is 18.2 Å². The standard InChI is InChI=1S/C11H12FNO3/c1-6-9(5-10(14)15)16-11-7(12)3-2-4-8(11)13-6/h2-4,6,9,13H,5H2,1H3,(H,14,15). The maximum atomic E-state index is 13.4. The molecule has 1 aromatic rings. The summed E-state index contributed by atoms with van der Waals surface area (Å²) in [6.07, 6.45) is -0.705. The van der Waals surface area contributed by atoms with Gasteiger partial charge in [0.1, 0.15) is 6.10 Å². The Hall–Kier alpha value is -1.78. The lowest BCUT2D eigenvalue weighted by Gasteiger charge is -2.32. The fourth-order valence-electron chi connectivity index (χ4n) is 1.72. The van der Waals surface area contributed by atoms with E-state index in [-0.39, 0.29) is 18.2 Å². The molecule has 1 heterocycles. The highest BCUT2D eigenvalue weighted by Crippen LogP contribution is 2.34. The molecule has 0 aliphatic carbocycles. The molecule has 0 spiro atoms. The normalized spacial score (nSPS) is 22.9. The van der Waals surface area contributed by atoms with Gasteiger partial charge in [-0.25, -0.2) is 4.39 Å². The van der Waals surface area contributed by atoms with Crippen molar-refractivity contribution in [2.45, 2.75) is 25.5 Å². The summed E-state index contributed by atoms with van der Waals surface area (Å²) in [5.74, 6) is -1.34. The van der Waals surface area contributed by atoms with E-state index in [1.807, 2.05) is 0 Å². The van der Waals surface area contributed by atoms with E-state index in [4.69, 9.17) is 9.84 Å². The van der Waals surface area contributed by atoms with Crippen LogP contribution in [0, 0.1) is 5.82 Å². The molecule has 1 aromatic carbocycles. The van der Waals surface area contributed by atoms with E-state index in [2.05, 4.69) is 5.32 Å². The molecule has 0 bridgehead atoms. The number of carboxylic acids is 1. The first-order valence-electron chi connectivity index (χ1n) is 5.01. The lowest BCUT2D eigenvalue weighted by atomic mass is 10.1. The molecule has 1 aliphatic heterocycles. The van der Waals surface area contributed by atoms with E-state index in [0.29, 0.717) is 5.69 Å². The SMILES string of the molecule is CC1Nc2cccc(F)c2OC1CC(=O)O. The Morgan fingerprint density at radius 2 is 2.38 bits per heavy atom. The van der Waals surface area contributed by atoms with Gasteiger partial charge in [-0.05, 0) is 19.1 Å². The van der Waals surface area contributed by atoms with Crippen LogP contribution in [-0.2, 0) is 4.79 Å². The molecule has 0 saturated heterocycles. The third-order valence-corrected chi connectivity index (χ3v) is 2.55. The lowest BCUT2D eigenvalue weighted by Crippen LogP contribution is -2.41. The van der Waals surface area contributed by atoms with Gasteiger partial charge in [-0.1, -0.05) is 6.07 Å². The molecule has 1 aliphatic rings. The van der Waals surface area contributed by atoms with E-state index in [0.717, 1.165) is 0 Å². The summed E-state index contributed by atoms with van der Waals surface area (Å²) in [6.45, 7) is 1.81. The minimum absolute atomic E-state index is 0.104. The van der Waals surface area contributed by atoms with Crippen LogP contribution < -0.4 is 10.1 Å². The number of nitrogens with one attached hydrogen (secondary N) is 1. The second-order valence-corrected chi connectivity index (χ2v) is 3.80. The second-order valence-electron chi connectivity index (χ2n) is 3.80. The number of hydrogen-bond acceptors (Lipinski definition) is 3. The number of halogens is 1. The minimum atomic E-state index is -0.960. The van der Waals surface area contributed by atoms with Gasteiger partial charge in [0.15, 0.2) is 11.6 Å². The Bertz CT molecular complexity index is 422. The van der Waals surface area contributed by atoms with Gasteiger partial charge in [0.2, 0.25) is 0 Å². The third kappa shape index (κ3) is 1.93. The molecule has 0 saturated carbocycles. The number of ether oxygens (including phenoxy) is 1. The van der Waals surface area contributed by atoms with E-state index in [1.165, 1.54) is 6.07 Å². The van der Waals surface area contributed by atoms with Crippen molar-refractivity contribution in [1.82, 2.24) is 0 Å². The van der Waals surface area contributed by atoms with Crippen LogP contribution in [0.3, 0.4) is 0 Å². The average Bonchev–Trinajstić information content (AvgIpc) is 2.20. The van der Waals surface area contributed by atoms with E-state index in [1.54, 1.807) is 19.1 Å². The molecule has 5 heteroatoms. The zero-order chi connectivity index (χ0) is 11.7. The largest absolute Gasteiger partial charge is 0.482 e. The Balaban J connectivity index is 2.26. The Morgan fingerprint density at radius 3 is 3.06 bits per heavy atom. The molecule has 86 valence electrons. The number of rotatable bonds is 2. The molecule has 2 N–H and O–H groups in total. The summed E-state index contributed by atoms with van der Waals surface area (Å²) in [5.41, 5.74) is 0.564. The lowest BCUT2D eigenvalue weighted by molar-refractivity contribution is -0.139. The van der Waals surface area contributed by atoms with Gasteiger partial charge < -0.3 is 15.2 Å². The Kier molecular flexibility index (Phi) is 2.68. The zero-order valence-corrected chi connectivity index (χ0v) is 8.74. The highest BCUT2D eigenvalue weighted by atomic mass is 19.1. The summed E-state index contributed by atoms with van der Waals surface area (Å²) in [5, 5.41) is 11.7. The second kappa shape index (κ2) is 4.00. The summed E-state index contributed by atoms with van der Waals surface area (Å²) in [7, 11) is 0. The van der Waals surface area contributed by atoms with Crippen molar-refractivity contribution >= 4 is 11.7 Å². The predicted molar refractivity (Wildman–Crippen MR) is 56.2 cm³/mol. The minimum Gasteiger partial charge on any atom is -0.482 e. The molecule has 0 amide bonds. The molecule has 0 aromatic heterocycles. The summed E-state index contributed by atoms with van der Waals surface area (Å²) in [4.78, 5) is 10.6. The van der Waals surface area contributed by atoms with Crippen molar-refractivity contribution in [3.8, 4) is 5.75 Å². The molecule has 16 heavy (non-hydrogen) atoms. The van der Waals surface area contributed by atoms with Gasteiger partial charge in [-0.15, -0.1) is 0 Å². The van der Waals surface area contributed by atoms with Crippen molar-refractivity contribution in [2.24, 2.45) is 0 Å². The molecule has 0 fully saturated rings. The molecular formula is C11H12FNO3. The number of aliphatic carboxylic acids is 1. The van der Waals surface area contributed by atoms with Crippen LogP contribution in [-0.4, -0.2) is 23.2 Å². The Morgan fingerprint density at radius 1 is 1.62 bits per heavy atom. The number of carboxylic acid groups (broad SMARTS) is 1. The average molecular weight is 225 g/mol. The smallest absolute Gasteiger partial charge is 0.307 e. The van der Waals surface area contributed by atoms with E-state index < -0.39 is 17.9 Å². The Labute approximate surface area is 92.0 Å². The van der Waals surface area contributed by atoms with Gasteiger partial charge in [0.25, 0.3) is 0 Å². The molecule has 0 radical (unpaired) electrons. The van der Waals surface area contributed by atoms with Crippen molar-refractivity contribution in [1.29, 1.82) is 0 Å². The number of hydrogen-bond donors (Lipinski definition) is 2. The summed E-state index contributed by atoms with van der Waals surface area (Å²) in [6, 6.07) is 4.40. The third-order valence-electron chi connectivity index (χ3n) is 2.55. The van der Waals surface area contributed by atoms with E-state index >= 15 is 0 Å². The maximum absolute atomic E-state index is 13.4. The highest BCUT2D eigenvalue weighted by Gasteiger charge is 2.29. The van der Waals surface area contributed by atoms with Crippen LogP contribution in [0.15, 0.2) is 18.2 Å². The van der Waals surface area contributed by atoms with Crippen LogP contribution >= 0.6 is 0 Å². The fraction of sp³-hybridized carbons (Fsp3) is 0.364. The number of para-hydroxylation sites is 1. The zero-order valence-electron chi connectivity index (χ0n) is 8.74. The van der Waals surface area contributed by atoms with Crippen molar-refractivity contribution in [3.05, 3.63) is 24.0 Å². The molecular weight excluding hydrogens is 213 g/mol. The fourth-order valence-corrected chi connectivity index (χ4v) is 1.72. The quantitative estimate of drug-likeness (QED) is 0.806. The summed E-state index contributed by atoms with van der Waals surface area (Å²) < 4.78 is 18.8. The number of anilines is 1. The van der Waals surface area contributed by atoms with Crippen LogP contribution in [0.25, 0.3) is 0 Å². The van der Waals surface area contributed by atoms with Crippen LogP contribution in [0.5, 0.6) is 5.75 Å². The van der Waals surface area contributed by atoms with Gasteiger partial charge in [-0.3, -0.25) is 4.79 Å². The van der Waals surface area contributed by atoms with Crippen molar-refractivity contribution in [2.75, 3.05) is 5.32 Å².